The normalized spacial score (nSPS) is 13.4. The molecule has 32 heavy (non-hydrogen) atoms. The van der Waals surface area contributed by atoms with E-state index in [1.54, 1.807) is 58.3 Å². The molecule has 3 amide bonds. The van der Waals surface area contributed by atoms with Crippen LogP contribution in [0.5, 0.6) is 0 Å². The lowest BCUT2D eigenvalue weighted by Gasteiger charge is -2.26. The molecule has 3 rings (SSSR count). The van der Waals surface area contributed by atoms with Gasteiger partial charge in [-0.1, -0.05) is 6.07 Å². The number of carbonyl (C=O) groups excluding carboxylic acids is 3. The van der Waals surface area contributed by atoms with Crippen molar-refractivity contribution in [3.63, 3.8) is 0 Å². The van der Waals surface area contributed by atoms with E-state index in [-0.39, 0.29) is 24.3 Å². The lowest BCUT2D eigenvalue weighted by Crippen LogP contribution is -2.40. The van der Waals surface area contributed by atoms with Crippen LogP contribution in [0.25, 0.3) is 0 Å². The molecule has 1 saturated heterocycles. The first-order chi connectivity index (χ1) is 15.5. The van der Waals surface area contributed by atoms with E-state index in [0.29, 0.717) is 56.2 Å². The summed E-state index contributed by atoms with van der Waals surface area (Å²) in [7, 11) is 0. The van der Waals surface area contributed by atoms with Gasteiger partial charge in [-0.3, -0.25) is 14.4 Å². The van der Waals surface area contributed by atoms with Gasteiger partial charge >= 0.3 is 0 Å². The van der Waals surface area contributed by atoms with E-state index in [2.05, 4.69) is 10.6 Å². The Morgan fingerprint density at radius 1 is 0.938 bits per heavy atom. The van der Waals surface area contributed by atoms with E-state index >= 15 is 0 Å². The van der Waals surface area contributed by atoms with Crippen LogP contribution in [0.1, 0.15) is 34.6 Å². The number of hydrogen-bond acceptors (Lipinski definition) is 5. The molecule has 1 aliphatic rings. The maximum absolute atomic E-state index is 12.5. The summed E-state index contributed by atoms with van der Waals surface area (Å²) in [6, 6.07) is 14.0. The van der Waals surface area contributed by atoms with Crippen molar-refractivity contribution in [3.8, 4) is 0 Å². The first kappa shape index (κ1) is 23.3. The van der Waals surface area contributed by atoms with E-state index < -0.39 is 0 Å². The van der Waals surface area contributed by atoms with Gasteiger partial charge in [0.05, 0.1) is 19.8 Å². The van der Waals surface area contributed by atoms with Crippen LogP contribution in [0.2, 0.25) is 0 Å². The van der Waals surface area contributed by atoms with E-state index in [1.807, 2.05) is 13.8 Å². The highest BCUT2D eigenvalue weighted by Crippen LogP contribution is 2.15. The SMILES string of the molecule is CCN(CC)C(=O)c1cccc(NC(=O)CNc2ccc(C(=O)N3CCOCC3)cc2)c1. The standard InChI is InChI=1S/C24H30N4O4/c1-3-27(4-2)24(31)19-6-5-7-21(16-19)26-22(29)17-25-20-10-8-18(9-11-20)23(30)28-12-14-32-15-13-28/h5-11,16,25H,3-4,12-15,17H2,1-2H3,(H,26,29). The number of nitrogens with zero attached hydrogens (tertiary/aromatic N) is 2. The van der Waals surface area contributed by atoms with Crippen LogP contribution in [-0.2, 0) is 9.53 Å². The third kappa shape index (κ3) is 6.07. The van der Waals surface area contributed by atoms with Crippen LogP contribution in [0.4, 0.5) is 11.4 Å². The summed E-state index contributed by atoms with van der Waals surface area (Å²) in [6.07, 6.45) is 0. The van der Waals surface area contributed by atoms with Gasteiger partial charge in [-0.05, 0) is 56.3 Å². The quantitative estimate of drug-likeness (QED) is 0.661. The summed E-state index contributed by atoms with van der Waals surface area (Å²) in [5.74, 6) is -0.307. The number of hydrogen-bond donors (Lipinski definition) is 2. The highest BCUT2D eigenvalue weighted by atomic mass is 16.5. The number of carbonyl (C=O) groups is 3. The van der Waals surface area contributed by atoms with Gasteiger partial charge in [0.2, 0.25) is 5.91 Å². The summed E-state index contributed by atoms with van der Waals surface area (Å²) < 4.78 is 5.28. The van der Waals surface area contributed by atoms with Crippen molar-refractivity contribution in [1.82, 2.24) is 9.80 Å². The van der Waals surface area contributed by atoms with Gasteiger partial charge in [0, 0.05) is 48.7 Å². The Balaban J connectivity index is 1.52. The molecule has 0 bridgehead atoms. The van der Waals surface area contributed by atoms with Crippen LogP contribution in [0, 0.1) is 0 Å². The first-order valence-electron chi connectivity index (χ1n) is 10.9. The number of nitrogens with one attached hydrogen (secondary N) is 2. The highest BCUT2D eigenvalue weighted by molar-refractivity contribution is 5.98. The third-order valence-electron chi connectivity index (χ3n) is 5.33. The molecule has 8 nitrogen and oxygen atoms in total. The molecular formula is C24H30N4O4. The van der Waals surface area contributed by atoms with Crippen molar-refractivity contribution in [2.75, 3.05) is 56.6 Å². The molecule has 2 aromatic rings. The second-order valence-electron chi connectivity index (χ2n) is 7.44. The number of rotatable bonds is 8. The van der Waals surface area contributed by atoms with E-state index in [0.717, 1.165) is 5.69 Å². The number of anilines is 2. The second-order valence-corrected chi connectivity index (χ2v) is 7.44. The van der Waals surface area contributed by atoms with Gasteiger partial charge < -0.3 is 25.2 Å². The molecule has 0 saturated carbocycles. The Labute approximate surface area is 188 Å². The minimum absolute atomic E-state index is 0.0169. The molecule has 0 atom stereocenters. The Hall–Kier alpha value is -3.39. The molecule has 2 N–H and O–H groups in total. The Morgan fingerprint density at radius 2 is 1.62 bits per heavy atom. The highest BCUT2D eigenvalue weighted by Gasteiger charge is 2.18. The average molecular weight is 439 g/mol. The van der Waals surface area contributed by atoms with Crippen LogP contribution in [-0.4, -0.2) is 73.5 Å². The van der Waals surface area contributed by atoms with E-state index in [4.69, 9.17) is 4.74 Å². The smallest absolute Gasteiger partial charge is 0.254 e. The lowest BCUT2D eigenvalue weighted by molar-refractivity contribution is -0.114. The maximum Gasteiger partial charge on any atom is 0.254 e. The molecule has 170 valence electrons. The van der Waals surface area contributed by atoms with Gasteiger partial charge in [-0.2, -0.15) is 0 Å². The van der Waals surface area contributed by atoms with Gasteiger partial charge in [-0.15, -0.1) is 0 Å². The minimum atomic E-state index is -0.231. The molecule has 0 aromatic heterocycles. The number of benzene rings is 2. The Kier molecular flexibility index (Phi) is 8.21. The van der Waals surface area contributed by atoms with Crippen LogP contribution >= 0.6 is 0 Å². The molecule has 1 fully saturated rings. The molecule has 2 aromatic carbocycles. The predicted molar refractivity (Wildman–Crippen MR) is 124 cm³/mol. The van der Waals surface area contributed by atoms with Gasteiger partial charge in [-0.25, -0.2) is 0 Å². The minimum Gasteiger partial charge on any atom is -0.378 e. The summed E-state index contributed by atoms with van der Waals surface area (Å²) in [5.41, 5.74) is 2.46. The van der Waals surface area contributed by atoms with Crippen molar-refractivity contribution in [2.24, 2.45) is 0 Å². The first-order valence-corrected chi connectivity index (χ1v) is 10.9. The molecule has 0 unspecified atom stereocenters. The molecule has 1 heterocycles. The second kappa shape index (κ2) is 11.3. The Bertz CT molecular complexity index is 935. The van der Waals surface area contributed by atoms with E-state index in [9.17, 15) is 14.4 Å². The zero-order valence-electron chi connectivity index (χ0n) is 18.6. The van der Waals surface area contributed by atoms with Crippen molar-refractivity contribution in [2.45, 2.75) is 13.8 Å². The largest absolute Gasteiger partial charge is 0.378 e. The predicted octanol–water partition coefficient (Wildman–Crippen LogP) is 2.69. The maximum atomic E-state index is 12.5. The number of morpholine rings is 1. The molecule has 1 aliphatic heterocycles. The fourth-order valence-electron chi connectivity index (χ4n) is 3.49. The van der Waals surface area contributed by atoms with Crippen molar-refractivity contribution >= 4 is 29.1 Å². The van der Waals surface area contributed by atoms with Crippen LogP contribution in [0.15, 0.2) is 48.5 Å². The van der Waals surface area contributed by atoms with Crippen molar-refractivity contribution < 1.29 is 19.1 Å². The molecule has 8 heteroatoms. The van der Waals surface area contributed by atoms with Crippen molar-refractivity contribution in [3.05, 3.63) is 59.7 Å². The van der Waals surface area contributed by atoms with Crippen LogP contribution in [0.3, 0.4) is 0 Å². The Morgan fingerprint density at radius 3 is 2.28 bits per heavy atom. The van der Waals surface area contributed by atoms with E-state index in [1.165, 1.54) is 0 Å². The van der Waals surface area contributed by atoms with Crippen molar-refractivity contribution in [1.29, 1.82) is 0 Å². The number of ether oxygens (including phenoxy) is 1. The summed E-state index contributed by atoms with van der Waals surface area (Å²) >= 11 is 0. The summed E-state index contributed by atoms with van der Waals surface area (Å²) in [4.78, 5) is 40.9. The number of amides is 3. The van der Waals surface area contributed by atoms with Gasteiger partial charge in [0.1, 0.15) is 0 Å². The molecule has 0 radical (unpaired) electrons. The van der Waals surface area contributed by atoms with Gasteiger partial charge in [0.25, 0.3) is 11.8 Å². The fourth-order valence-corrected chi connectivity index (χ4v) is 3.49. The topological polar surface area (TPSA) is 91.0 Å². The molecule has 0 aliphatic carbocycles. The zero-order chi connectivity index (χ0) is 22.9. The summed E-state index contributed by atoms with van der Waals surface area (Å²) in [5, 5.41) is 5.86. The van der Waals surface area contributed by atoms with Crippen LogP contribution < -0.4 is 10.6 Å². The lowest BCUT2D eigenvalue weighted by atomic mass is 10.1. The fraction of sp³-hybridized carbons (Fsp3) is 0.375. The monoisotopic (exact) mass is 438 g/mol. The molecule has 0 spiro atoms. The average Bonchev–Trinajstić information content (AvgIpc) is 2.84. The molecular weight excluding hydrogens is 408 g/mol. The third-order valence-corrected chi connectivity index (χ3v) is 5.33. The van der Waals surface area contributed by atoms with Gasteiger partial charge in [0.15, 0.2) is 0 Å². The zero-order valence-corrected chi connectivity index (χ0v) is 18.6. The summed E-state index contributed by atoms with van der Waals surface area (Å²) in [6.45, 7) is 7.51.